The maximum Gasteiger partial charge on any atom is 0.0210 e. The molecule has 0 spiro atoms. The predicted octanol–water partition coefficient (Wildman–Crippen LogP) is 3.10. The summed E-state index contributed by atoms with van der Waals surface area (Å²) in [5.41, 5.74) is 2.77. The number of nitrogens with one attached hydrogen (secondary N) is 1. The molecule has 0 amide bonds. The Balaban J connectivity index is 2.70. The molecule has 0 radical (unpaired) electrons. The van der Waals surface area contributed by atoms with Crippen molar-refractivity contribution in [2.24, 2.45) is 0 Å². The number of hydrogen-bond acceptors (Lipinski definition) is 1. The normalized spacial score (nSPS) is 10.8. The van der Waals surface area contributed by atoms with Gasteiger partial charge in [-0.3, -0.25) is 0 Å². The van der Waals surface area contributed by atoms with Crippen LogP contribution in [-0.4, -0.2) is 6.04 Å². The molecule has 13 heavy (non-hydrogen) atoms. The van der Waals surface area contributed by atoms with Gasteiger partial charge in [-0.05, 0) is 52.8 Å². The third-order valence-electron chi connectivity index (χ3n) is 2.01. The highest BCUT2D eigenvalue weighted by molar-refractivity contribution is 14.1. The third-order valence-corrected chi connectivity index (χ3v) is 2.68. The second kappa shape index (κ2) is 4.96. The minimum atomic E-state index is 0.553. The maximum atomic E-state index is 3.43. The average Bonchev–Trinajstić information content (AvgIpc) is 2.06. The molecule has 0 heterocycles. The molecule has 0 aliphatic rings. The highest BCUT2D eigenvalue weighted by Gasteiger charge is 1.99. The van der Waals surface area contributed by atoms with Crippen molar-refractivity contribution in [1.29, 1.82) is 0 Å². The third kappa shape index (κ3) is 3.65. The second-order valence-electron chi connectivity index (χ2n) is 3.61. The van der Waals surface area contributed by atoms with E-state index in [0.29, 0.717) is 6.04 Å². The zero-order valence-electron chi connectivity index (χ0n) is 8.39. The summed E-state index contributed by atoms with van der Waals surface area (Å²) in [6, 6.07) is 7.12. The minimum absolute atomic E-state index is 0.553. The second-order valence-corrected chi connectivity index (χ2v) is 4.85. The van der Waals surface area contributed by atoms with E-state index in [1.807, 2.05) is 0 Å². The number of aryl methyl sites for hydroxylation is 1. The zero-order chi connectivity index (χ0) is 9.84. The Morgan fingerprint density at radius 3 is 2.69 bits per heavy atom. The standard InChI is InChI=1S/C11H16IN/c1-8(2)13-7-10-6-11(12)5-4-9(10)3/h4-6,8,13H,7H2,1-3H3. The highest BCUT2D eigenvalue weighted by Crippen LogP contribution is 2.12. The van der Waals surface area contributed by atoms with Gasteiger partial charge >= 0.3 is 0 Å². The molecule has 2 heteroatoms. The molecule has 1 rings (SSSR count). The summed E-state index contributed by atoms with van der Waals surface area (Å²) < 4.78 is 1.31. The van der Waals surface area contributed by atoms with Gasteiger partial charge < -0.3 is 5.32 Å². The molecule has 0 bridgehead atoms. The van der Waals surface area contributed by atoms with E-state index in [9.17, 15) is 0 Å². The Morgan fingerprint density at radius 2 is 2.08 bits per heavy atom. The highest BCUT2D eigenvalue weighted by atomic mass is 127. The lowest BCUT2D eigenvalue weighted by Gasteiger charge is -2.10. The van der Waals surface area contributed by atoms with Crippen molar-refractivity contribution >= 4 is 22.6 Å². The topological polar surface area (TPSA) is 12.0 Å². The van der Waals surface area contributed by atoms with Crippen LogP contribution in [0.1, 0.15) is 25.0 Å². The fourth-order valence-electron chi connectivity index (χ4n) is 1.14. The van der Waals surface area contributed by atoms with Crippen LogP contribution in [-0.2, 0) is 6.54 Å². The van der Waals surface area contributed by atoms with Crippen LogP contribution >= 0.6 is 22.6 Å². The molecule has 72 valence electrons. The van der Waals surface area contributed by atoms with Gasteiger partial charge in [0.15, 0.2) is 0 Å². The van der Waals surface area contributed by atoms with Crippen molar-refractivity contribution in [3.8, 4) is 0 Å². The van der Waals surface area contributed by atoms with Crippen LogP contribution in [0.4, 0.5) is 0 Å². The van der Waals surface area contributed by atoms with E-state index in [1.54, 1.807) is 0 Å². The lowest BCUT2D eigenvalue weighted by atomic mass is 10.1. The van der Waals surface area contributed by atoms with Crippen LogP contribution < -0.4 is 5.32 Å². The van der Waals surface area contributed by atoms with Gasteiger partial charge in [0.25, 0.3) is 0 Å². The van der Waals surface area contributed by atoms with E-state index in [0.717, 1.165) is 6.54 Å². The van der Waals surface area contributed by atoms with Crippen molar-refractivity contribution in [3.05, 3.63) is 32.9 Å². The number of hydrogen-bond donors (Lipinski definition) is 1. The fraction of sp³-hybridized carbons (Fsp3) is 0.455. The van der Waals surface area contributed by atoms with Crippen LogP contribution in [0.25, 0.3) is 0 Å². The minimum Gasteiger partial charge on any atom is -0.310 e. The maximum absolute atomic E-state index is 3.43. The molecule has 1 N–H and O–H groups in total. The Labute approximate surface area is 94.1 Å². The molecule has 1 aromatic rings. The van der Waals surface area contributed by atoms with E-state index in [2.05, 4.69) is 66.9 Å². The lowest BCUT2D eigenvalue weighted by Crippen LogP contribution is -2.22. The molecule has 0 aromatic heterocycles. The first-order valence-electron chi connectivity index (χ1n) is 4.58. The first-order valence-corrected chi connectivity index (χ1v) is 5.66. The van der Waals surface area contributed by atoms with Gasteiger partial charge in [-0.2, -0.15) is 0 Å². The average molecular weight is 289 g/mol. The first-order chi connectivity index (χ1) is 6.09. The molecule has 0 aliphatic heterocycles. The van der Waals surface area contributed by atoms with Gasteiger partial charge in [0.2, 0.25) is 0 Å². The van der Waals surface area contributed by atoms with Gasteiger partial charge in [-0.25, -0.2) is 0 Å². The molecule has 0 saturated carbocycles. The van der Waals surface area contributed by atoms with E-state index < -0.39 is 0 Å². The first kappa shape index (κ1) is 11.0. The molecule has 0 fully saturated rings. The van der Waals surface area contributed by atoms with Crippen molar-refractivity contribution in [3.63, 3.8) is 0 Å². The van der Waals surface area contributed by atoms with Crippen LogP contribution in [0, 0.1) is 10.5 Å². The van der Waals surface area contributed by atoms with Gasteiger partial charge in [0.05, 0.1) is 0 Å². The number of rotatable bonds is 3. The summed E-state index contributed by atoms with van der Waals surface area (Å²) >= 11 is 2.35. The summed E-state index contributed by atoms with van der Waals surface area (Å²) in [5.74, 6) is 0. The van der Waals surface area contributed by atoms with E-state index >= 15 is 0 Å². The molecule has 0 unspecified atom stereocenters. The van der Waals surface area contributed by atoms with E-state index in [-0.39, 0.29) is 0 Å². The monoisotopic (exact) mass is 289 g/mol. The summed E-state index contributed by atoms with van der Waals surface area (Å²) in [6.07, 6.45) is 0. The van der Waals surface area contributed by atoms with Gasteiger partial charge in [-0.15, -0.1) is 0 Å². The lowest BCUT2D eigenvalue weighted by molar-refractivity contribution is 0.587. The summed E-state index contributed by atoms with van der Waals surface area (Å²) in [4.78, 5) is 0. The largest absolute Gasteiger partial charge is 0.310 e. The Hall–Kier alpha value is -0.0900. The van der Waals surface area contributed by atoms with Gasteiger partial charge in [0.1, 0.15) is 0 Å². The molecular formula is C11H16IN. The molecule has 1 nitrogen and oxygen atoms in total. The molecule has 0 aliphatic carbocycles. The SMILES string of the molecule is Cc1ccc(I)cc1CNC(C)C. The number of halogens is 1. The molecule has 0 saturated heterocycles. The predicted molar refractivity (Wildman–Crippen MR) is 65.9 cm³/mol. The van der Waals surface area contributed by atoms with Crippen LogP contribution in [0.2, 0.25) is 0 Å². The molecular weight excluding hydrogens is 273 g/mol. The Kier molecular flexibility index (Phi) is 4.19. The van der Waals surface area contributed by atoms with Crippen molar-refractivity contribution < 1.29 is 0 Å². The summed E-state index contributed by atoms with van der Waals surface area (Å²) in [7, 11) is 0. The number of benzene rings is 1. The van der Waals surface area contributed by atoms with Crippen molar-refractivity contribution in [2.45, 2.75) is 33.4 Å². The summed E-state index contributed by atoms with van der Waals surface area (Å²) in [6.45, 7) is 7.47. The van der Waals surface area contributed by atoms with Crippen molar-refractivity contribution in [1.82, 2.24) is 5.32 Å². The van der Waals surface area contributed by atoms with E-state index in [4.69, 9.17) is 0 Å². The zero-order valence-corrected chi connectivity index (χ0v) is 10.6. The smallest absolute Gasteiger partial charge is 0.0210 e. The Morgan fingerprint density at radius 1 is 1.38 bits per heavy atom. The quantitative estimate of drug-likeness (QED) is 0.843. The van der Waals surface area contributed by atoms with E-state index in [1.165, 1.54) is 14.7 Å². The van der Waals surface area contributed by atoms with Crippen LogP contribution in [0.15, 0.2) is 18.2 Å². The summed E-state index contributed by atoms with van der Waals surface area (Å²) in [5, 5.41) is 3.43. The van der Waals surface area contributed by atoms with Gasteiger partial charge in [0, 0.05) is 16.2 Å². The fourth-order valence-corrected chi connectivity index (χ4v) is 1.70. The Bertz CT molecular complexity index is 281. The molecule has 1 aromatic carbocycles. The van der Waals surface area contributed by atoms with Crippen molar-refractivity contribution in [2.75, 3.05) is 0 Å². The van der Waals surface area contributed by atoms with Gasteiger partial charge in [-0.1, -0.05) is 19.9 Å². The van der Waals surface area contributed by atoms with Crippen LogP contribution in [0.3, 0.4) is 0 Å². The molecule has 0 atom stereocenters. The van der Waals surface area contributed by atoms with Crippen LogP contribution in [0.5, 0.6) is 0 Å².